The van der Waals surface area contributed by atoms with Crippen LogP contribution in [0.2, 0.25) is 0 Å². The predicted octanol–water partition coefficient (Wildman–Crippen LogP) is 0.551. The summed E-state index contributed by atoms with van der Waals surface area (Å²) in [6, 6.07) is 10.2. The van der Waals surface area contributed by atoms with E-state index in [-0.39, 0.29) is 31.8 Å². The molecule has 1 fully saturated rings. The van der Waals surface area contributed by atoms with Gasteiger partial charge in [0, 0.05) is 37.6 Å². The Morgan fingerprint density at radius 1 is 1.30 bits per heavy atom. The third-order valence-electron chi connectivity index (χ3n) is 4.30. The molecule has 23 heavy (non-hydrogen) atoms. The van der Waals surface area contributed by atoms with Gasteiger partial charge < -0.3 is 20.8 Å². The van der Waals surface area contributed by atoms with Gasteiger partial charge in [0.2, 0.25) is 0 Å². The summed E-state index contributed by atoms with van der Waals surface area (Å²) in [5, 5.41) is 24.1. The maximum Gasteiger partial charge on any atom is 0.315 e. The predicted molar refractivity (Wildman–Crippen MR) is 88.9 cm³/mol. The molecule has 1 aliphatic rings. The van der Waals surface area contributed by atoms with Crippen molar-refractivity contribution in [2.75, 3.05) is 32.8 Å². The Balaban J connectivity index is 1.71. The highest BCUT2D eigenvalue weighted by Gasteiger charge is 2.26. The molecule has 6 heteroatoms. The summed E-state index contributed by atoms with van der Waals surface area (Å²) in [4.78, 5) is 14.3. The van der Waals surface area contributed by atoms with Crippen molar-refractivity contribution in [2.24, 2.45) is 5.41 Å². The normalized spacial score (nSPS) is 18.8. The van der Waals surface area contributed by atoms with Crippen molar-refractivity contribution in [1.82, 2.24) is 15.5 Å². The average molecular weight is 321 g/mol. The molecule has 2 amide bonds. The molecule has 0 bridgehead atoms. The Kier molecular flexibility index (Phi) is 6.38. The van der Waals surface area contributed by atoms with Crippen LogP contribution >= 0.6 is 0 Å². The van der Waals surface area contributed by atoms with Crippen LogP contribution < -0.4 is 10.6 Å². The van der Waals surface area contributed by atoms with Gasteiger partial charge in [-0.3, -0.25) is 4.90 Å². The van der Waals surface area contributed by atoms with Crippen molar-refractivity contribution in [3.8, 4) is 0 Å². The quantitative estimate of drug-likeness (QED) is 0.591. The van der Waals surface area contributed by atoms with E-state index in [4.69, 9.17) is 0 Å². The first-order valence-corrected chi connectivity index (χ1v) is 8.07. The second kappa shape index (κ2) is 8.29. The van der Waals surface area contributed by atoms with E-state index in [0.29, 0.717) is 0 Å². The van der Waals surface area contributed by atoms with E-state index < -0.39 is 5.41 Å². The van der Waals surface area contributed by atoms with Crippen LogP contribution in [-0.4, -0.2) is 60.0 Å². The Morgan fingerprint density at radius 2 is 2.00 bits per heavy atom. The van der Waals surface area contributed by atoms with Crippen LogP contribution in [0.4, 0.5) is 4.79 Å². The smallest absolute Gasteiger partial charge is 0.315 e. The van der Waals surface area contributed by atoms with E-state index in [2.05, 4.69) is 27.7 Å². The van der Waals surface area contributed by atoms with Crippen molar-refractivity contribution in [1.29, 1.82) is 0 Å². The lowest BCUT2D eigenvalue weighted by molar-refractivity contribution is 0.0716. The highest BCUT2D eigenvalue weighted by Crippen LogP contribution is 2.14. The van der Waals surface area contributed by atoms with Gasteiger partial charge in [-0.05, 0) is 12.0 Å². The number of aliphatic hydroxyl groups excluding tert-OH is 2. The van der Waals surface area contributed by atoms with Crippen LogP contribution in [0.15, 0.2) is 30.3 Å². The van der Waals surface area contributed by atoms with Crippen molar-refractivity contribution in [2.45, 2.75) is 25.9 Å². The molecule has 128 valence electrons. The van der Waals surface area contributed by atoms with E-state index in [0.717, 1.165) is 26.1 Å². The topological polar surface area (TPSA) is 84.8 Å². The lowest BCUT2D eigenvalue weighted by Gasteiger charge is -2.25. The Hall–Kier alpha value is -1.63. The number of benzene rings is 1. The fourth-order valence-corrected chi connectivity index (χ4v) is 2.63. The van der Waals surface area contributed by atoms with Crippen LogP contribution in [-0.2, 0) is 6.54 Å². The number of carbonyl (C=O) groups excluding carboxylic acids is 1. The molecule has 0 aromatic heterocycles. The van der Waals surface area contributed by atoms with E-state index in [9.17, 15) is 15.0 Å². The van der Waals surface area contributed by atoms with Crippen molar-refractivity contribution < 1.29 is 15.0 Å². The van der Waals surface area contributed by atoms with Gasteiger partial charge in [0.05, 0.1) is 13.2 Å². The number of nitrogens with zero attached hydrogens (tertiary/aromatic N) is 1. The highest BCUT2D eigenvalue weighted by molar-refractivity contribution is 5.74. The third-order valence-corrected chi connectivity index (χ3v) is 4.30. The lowest BCUT2D eigenvalue weighted by Crippen LogP contribution is -2.48. The lowest BCUT2D eigenvalue weighted by atomic mass is 9.93. The maximum absolute atomic E-state index is 11.9. The van der Waals surface area contributed by atoms with Gasteiger partial charge in [-0.2, -0.15) is 0 Å². The molecule has 0 spiro atoms. The van der Waals surface area contributed by atoms with Crippen LogP contribution in [0.5, 0.6) is 0 Å². The Bertz CT molecular complexity index is 491. The molecule has 1 aromatic carbocycles. The number of urea groups is 1. The summed E-state index contributed by atoms with van der Waals surface area (Å²) in [7, 11) is 0. The zero-order valence-corrected chi connectivity index (χ0v) is 13.7. The van der Waals surface area contributed by atoms with Crippen molar-refractivity contribution >= 4 is 6.03 Å². The molecular weight excluding hydrogens is 294 g/mol. The summed E-state index contributed by atoms with van der Waals surface area (Å²) in [5.74, 6) is 0. The molecule has 1 aliphatic heterocycles. The summed E-state index contributed by atoms with van der Waals surface area (Å²) >= 11 is 0. The number of hydrogen-bond acceptors (Lipinski definition) is 4. The van der Waals surface area contributed by atoms with Gasteiger partial charge in [0.15, 0.2) is 0 Å². The number of amides is 2. The van der Waals surface area contributed by atoms with E-state index in [1.807, 2.05) is 18.2 Å². The third kappa shape index (κ3) is 5.49. The summed E-state index contributed by atoms with van der Waals surface area (Å²) in [5.41, 5.74) is 0.589. The molecule has 1 atom stereocenters. The molecular formula is C17H27N3O3. The number of carbonyl (C=O) groups is 1. The molecule has 6 nitrogen and oxygen atoms in total. The number of hydrogen-bond donors (Lipinski definition) is 4. The first kappa shape index (κ1) is 17.7. The fourth-order valence-electron chi connectivity index (χ4n) is 2.63. The number of rotatable bonds is 7. The summed E-state index contributed by atoms with van der Waals surface area (Å²) in [6.07, 6.45) is 0.928. The minimum Gasteiger partial charge on any atom is -0.396 e. The molecule has 1 unspecified atom stereocenters. The van der Waals surface area contributed by atoms with E-state index >= 15 is 0 Å². The average Bonchev–Trinajstić information content (AvgIpc) is 3.00. The van der Waals surface area contributed by atoms with Gasteiger partial charge >= 0.3 is 6.03 Å². The first-order chi connectivity index (χ1) is 11.0. The minimum atomic E-state index is -0.688. The molecule has 0 radical (unpaired) electrons. The van der Waals surface area contributed by atoms with E-state index in [1.54, 1.807) is 6.92 Å². The van der Waals surface area contributed by atoms with Gasteiger partial charge in [-0.1, -0.05) is 37.3 Å². The number of likely N-dealkylation sites (tertiary alicyclic amines) is 1. The second-order valence-electron chi connectivity index (χ2n) is 6.66. The monoisotopic (exact) mass is 321 g/mol. The minimum absolute atomic E-state index is 0.133. The molecule has 2 rings (SSSR count). The maximum atomic E-state index is 11.9. The standard InChI is InChI=1S/C17H27N3O3/c1-17(12-21,13-22)11-18-16(23)19-15-7-8-20(10-15)9-14-5-3-2-4-6-14/h2-6,15,21-22H,7-13H2,1H3,(H2,18,19,23). The summed E-state index contributed by atoms with van der Waals surface area (Å²) in [6.45, 7) is 4.32. The molecule has 0 aliphatic carbocycles. The van der Waals surface area contributed by atoms with Crippen molar-refractivity contribution in [3.63, 3.8) is 0 Å². The summed E-state index contributed by atoms with van der Waals surface area (Å²) < 4.78 is 0. The number of aliphatic hydroxyl groups is 2. The molecule has 1 saturated heterocycles. The highest BCUT2D eigenvalue weighted by atomic mass is 16.3. The van der Waals surface area contributed by atoms with Crippen LogP contribution in [0.1, 0.15) is 18.9 Å². The SMILES string of the molecule is CC(CO)(CO)CNC(=O)NC1CCN(Cc2ccccc2)C1. The van der Waals surface area contributed by atoms with Gasteiger partial charge in [-0.15, -0.1) is 0 Å². The zero-order chi connectivity index (χ0) is 16.7. The van der Waals surface area contributed by atoms with Gasteiger partial charge in [-0.25, -0.2) is 4.79 Å². The van der Waals surface area contributed by atoms with Crippen LogP contribution in [0, 0.1) is 5.41 Å². The van der Waals surface area contributed by atoms with Crippen molar-refractivity contribution in [3.05, 3.63) is 35.9 Å². The molecule has 1 aromatic rings. The largest absolute Gasteiger partial charge is 0.396 e. The van der Waals surface area contributed by atoms with E-state index in [1.165, 1.54) is 5.56 Å². The molecule has 1 heterocycles. The van der Waals surface area contributed by atoms with Crippen LogP contribution in [0.25, 0.3) is 0 Å². The van der Waals surface area contributed by atoms with Crippen LogP contribution in [0.3, 0.4) is 0 Å². The van der Waals surface area contributed by atoms with Gasteiger partial charge in [0.1, 0.15) is 0 Å². The second-order valence-corrected chi connectivity index (χ2v) is 6.66. The Morgan fingerprint density at radius 3 is 2.65 bits per heavy atom. The van der Waals surface area contributed by atoms with Gasteiger partial charge in [0.25, 0.3) is 0 Å². The molecule has 4 N–H and O–H groups in total. The number of nitrogens with one attached hydrogen (secondary N) is 2. The fraction of sp³-hybridized carbons (Fsp3) is 0.588. The molecule has 0 saturated carbocycles. The Labute approximate surface area is 137 Å². The zero-order valence-electron chi connectivity index (χ0n) is 13.7. The first-order valence-electron chi connectivity index (χ1n) is 8.07.